The van der Waals surface area contributed by atoms with Crippen molar-refractivity contribution in [1.29, 1.82) is 0 Å². The van der Waals surface area contributed by atoms with Crippen LogP contribution in [0.15, 0.2) is 18.2 Å². The number of rotatable bonds is 4. The number of benzene rings is 1. The molecule has 0 saturated carbocycles. The van der Waals surface area contributed by atoms with Gasteiger partial charge >= 0.3 is 13.8 Å². The number of nitrogens with two attached hydrogens (primary N) is 1. The van der Waals surface area contributed by atoms with E-state index in [0.29, 0.717) is 6.54 Å². The summed E-state index contributed by atoms with van der Waals surface area (Å²) in [5.41, 5.74) is 7.74. The Bertz CT molecular complexity index is 617. The summed E-state index contributed by atoms with van der Waals surface area (Å²) in [7, 11) is -4.09. The van der Waals surface area contributed by atoms with Crippen LogP contribution in [-0.4, -0.2) is 14.4 Å². The van der Waals surface area contributed by atoms with Crippen LogP contribution < -0.4 is 10.0 Å². The lowest BCUT2D eigenvalue weighted by Crippen LogP contribution is -2.05. The van der Waals surface area contributed by atoms with E-state index in [1.54, 1.807) is 4.57 Å². The molecule has 98 valence electrons. The van der Waals surface area contributed by atoms with Crippen molar-refractivity contribution >= 4 is 18.8 Å². The standard InChI is InChI=1S/C11H16N3O3P/c1-3-8-6-5-7-9-10(8)13-11(14(9)4-2)17-18(12,15)16/h5-7H,3-4H2,1-2H3,(H3,12,15,16). The van der Waals surface area contributed by atoms with E-state index in [4.69, 9.17) is 14.9 Å². The number of para-hydroxylation sites is 1. The van der Waals surface area contributed by atoms with Crippen LogP contribution in [0.2, 0.25) is 0 Å². The topological polar surface area (TPSA) is 90.4 Å². The lowest BCUT2D eigenvalue weighted by molar-refractivity contribution is 0.360. The largest absolute Gasteiger partial charge is 0.455 e. The van der Waals surface area contributed by atoms with Gasteiger partial charge in [0, 0.05) is 6.54 Å². The lowest BCUT2D eigenvalue weighted by atomic mass is 10.1. The van der Waals surface area contributed by atoms with E-state index >= 15 is 0 Å². The monoisotopic (exact) mass is 269 g/mol. The molecular weight excluding hydrogens is 253 g/mol. The van der Waals surface area contributed by atoms with E-state index < -0.39 is 7.75 Å². The average Bonchev–Trinajstić information content (AvgIpc) is 2.63. The van der Waals surface area contributed by atoms with Gasteiger partial charge in [-0.1, -0.05) is 19.1 Å². The smallest absolute Gasteiger partial charge is 0.379 e. The minimum atomic E-state index is -4.09. The Labute approximate surface area is 105 Å². The summed E-state index contributed by atoms with van der Waals surface area (Å²) < 4.78 is 17.7. The van der Waals surface area contributed by atoms with Gasteiger partial charge < -0.3 is 9.42 Å². The Morgan fingerprint density at radius 3 is 2.78 bits per heavy atom. The third-order valence-corrected chi connectivity index (χ3v) is 3.16. The van der Waals surface area contributed by atoms with E-state index in [-0.39, 0.29) is 6.01 Å². The maximum atomic E-state index is 11.1. The van der Waals surface area contributed by atoms with Gasteiger partial charge in [-0.2, -0.15) is 4.98 Å². The molecule has 0 saturated heterocycles. The van der Waals surface area contributed by atoms with Crippen molar-refractivity contribution in [2.45, 2.75) is 26.8 Å². The first-order valence-electron chi connectivity index (χ1n) is 5.75. The highest BCUT2D eigenvalue weighted by Crippen LogP contribution is 2.35. The summed E-state index contributed by atoms with van der Waals surface area (Å²) in [5.74, 6) is 0. The van der Waals surface area contributed by atoms with Crippen LogP contribution in [-0.2, 0) is 17.5 Å². The predicted octanol–water partition coefficient (Wildman–Crippen LogP) is 2.06. The Hall–Kier alpha value is -1.36. The van der Waals surface area contributed by atoms with Crippen LogP contribution in [0.3, 0.4) is 0 Å². The van der Waals surface area contributed by atoms with Crippen LogP contribution >= 0.6 is 7.75 Å². The van der Waals surface area contributed by atoms with Gasteiger partial charge in [0.2, 0.25) is 0 Å². The Balaban J connectivity index is 2.64. The molecule has 2 rings (SSSR count). The molecule has 0 aliphatic carbocycles. The van der Waals surface area contributed by atoms with Gasteiger partial charge in [-0.25, -0.2) is 10.1 Å². The Morgan fingerprint density at radius 1 is 1.50 bits per heavy atom. The van der Waals surface area contributed by atoms with Gasteiger partial charge in [0.15, 0.2) is 0 Å². The first-order chi connectivity index (χ1) is 8.46. The zero-order chi connectivity index (χ0) is 13.3. The highest BCUT2D eigenvalue weighted by molar-refractivity contribution is 7.50. The average molecular weight is 269 g/mol. The zero-order valence-corrected chi connectivity index (χ0v) is 11.2. The molecule has 2 aromatic rings. The van der Waals surface area contributed by atoms with Gasteiger partial charge in [0.05, 0.1) is 11.0 Å². The van der Waals surface area contributed by atoms with Crippen molar-refractivity contribution in [1.82, 2.24) is 9.55 Å². The number of aryl methyl sites for hydroxylation is 2. The molecule has 0 aliphatic heterocycles. The molecule has 18 heavy (non-hydrogen) atoms. The molecule has 7 heteroatoms. The molecule has 0 bridgehead atoms. The fourth-order valence-corrected chi connectivity index (χ4v) is 2.33. The second-order valence-corrected chi connectivity index (χ2v) is 5.24. The molecule has 0 amide bonds. The van der Waals surface area contributed by atoms with Crippen molar-refractivity contribution in [3.8, 4) is 6.01 Å². The van der Waals surface area contributed by atoms with Crippen molar-refractivity contribution < 1.29 is 14.0 Å². The third kappa shape index (κ3) is 2.41. The lowest BCUT2D eigenvalue weighted by Gasteiger charge is -2.08. The number of fused-ring (bicyclic) bond motifs is 1. The molecule has 3 N–H and O–H groups in total. The van der Waals surface area contributed by atoms with Crippen molar-refractivity contribution in [3.63, 3.8) is 0 Å². The van der Waals surface area contributed by atoms with Gasteiger partial charge in [0.25, 0.3) is 0 Å². The van der Waals surface area contributed by atoms with Crippen LogP contribution in [0, 0.1) is 0 Å². The van der Waals surface area contributed by atoms with Gasteiger partial charge in [0.1, 0.15) is 0 Å². The van der Waals surface area contributed by atoms with Gasteiger partial charge in [-0.3, -0.25) is 4.57 Å². The second-order valence-electron chi connectivity index (χ2n) is 3.93. The second kappa shape index (κ2) is 4.72. The highest BCUT2D eigenvalue weighted by Gasteiger charge is 2.20. The molecule has 0 radical (unpaired) electrons. The Kier molecular flexibility index (Phi) is 3.43. The number of aromatic nitrogens is 2. The summed E-state index contributed by atoms with van der Waals surface area (Å²) in [6.45, 7) is 4.52. The number of nitrogens with zero attached hydrogens (tertiary/aromatic N) is 2. The Morgan fingerprint density at radius 2 is 2.22 bits per heavy atom. The quantitative estimate of drug-likeness (QED) is 0.829. The van der Waals surface area contributed by atoms with Crippen molar-refractivity contribution in [3.05, 3.63) is 23.8 Å². The number of imidazole rings is 1. The van der Waals surface area contributed by atoms with E-state index in [1.165, 1.54) is 0 Å². The number of hydrogen-bond donors (Lipinski definition) is 2. The van der Waals surface area contributed by atoms with Gasteiger partial charge in [-0.05, 0) is 25.0 Å². The van der Waals surface area contributed by atoms with E-state index in [0.717, 1.165) is 23.0 Å². The van der Waals surface area contributed by atoms with Crippen LogP contribution in [0.25, 0.3) is 11.0 Å². The molecule has 6 nitrogen and oxygen atoms in total. The summed E-state index contributed by atoms with van der Waals surface area (Å²) in [4.78, 5) is 13.4. The minimum absolute atomic E-state index is 0.0849. The van der Waals surface area contributed by atoms with Crippen LogP contribution in [0.5, 0.6) is 6.01 Å². The minimum Gasteiger partial charge on any atom is -0.379 e. The van der Waals surface area contributed by atoms with E-state index in [1.807, 2.05) is 32.0 Å². The van der Waals surface area contributed by atoms with Gasteiger partial charge in [-0.15, -0.1) is 0 Å². The molecule has 1 aromatic carbocycles. The maximum Gasteiger partial charge on any atom is 0.455 e. The van der Waals surface area contributed by atoms with Crippen molar-refractivity contribution in [2.75, 3.05) is 0 Å². The molecule has 0 aliphatic rings. The van der Waals surface area contributed by atoms with E-state index in [9.17, 15) is 4.57 Å². The van der Waals surface area contributed by atoms with Crippen LogP contribution in [0.1, 0.15) is 19.4 Å². The molecule has 0 spiro atoms. The summed E-state index contributed by atoms with van der Waals surface area (Å²) in [6, 6.07) is 5.89. The molecule has 0 fully saturated rings. The molecule has 1 aromatic heterocycles. The number of hydrogen-bond acceptors (Lipinski definition) is 3. The predicted molar refractivity (Wildman–Crippen MR) is 69.4 cm³/mol. The summed E-state index contributed by atoms with van der Waals surface area (Å²) in [6.07, 6.45) is 0.830. The third-order valence-electron chi connectivity index (χ3n) is 2.74. The highest BCUT2D eigenvalue weighted by atomic mass is 31.2. The first kappa shape index (κ1) is 13.1. The molecule has 1 atom stereocenters. The van der Waals surface area contributed by atoms with E-state index in [2.05, 4.69) is 4.98 Å². The maximum absolute atomic E-state index is 11.1. The molecule has 1 unspecified atom stereocenters. The fourth-order valence-electron chi connectivity index (χ4n) is 1.96. The summed E-state index contributed by atoms with van der Waals surface area (Å²) >= 11 is 0. The zero-order valence-electron chi connectivity index (χ0n) is 10.3. The van der Waals surface area contributed by atoms with Crippen LogP contribution in [0.4, 0.5) is 0 Å². The summed E-state index contributed by atoms with van der Waals surface area (Å²) in [5, 5.41) is 0. The molecule has 1 heterocycles. The molecular formula is C11H16N3O3P. The fraction of sp³-hybridized carbons (Fsp3) is 0.364. The normalized spacial score (nSPS) is 14.7. The first-order valence-corrected chi connectivity index (χ1v) is 7.40. The SMILES string of the molecule is CCc1cccc2c1nc(OP(N)(=O)O)n2CC. The van der Waals surface area contributed by atoms with Crippen molar-refractivity contribution in [2.24, 2.45) is 5.50 Å².